The molecule has 0 radical (unpaired) electrons. The van der Waals surface area contributed by atoms with E-state index in [0.29, 0.717) is 12.8 Å². The zero-order chi connectivity index (χ0) is 20.4. The molecule has 1 saturated carbocycles. The van der Waals surface area contributed by atoms with Crippen molar-refractivity contribution in [3.8, 4) is 0 Å². The van der Waals surface area contributed by atoms with Crippen molar-refractivity contribution in [3.05, 3.63) is 54.6 Å². The molecule has 152 valence electrons. The molecule has 1 heterocycles. The molecular weight excluding hydrogens is 364 g/mol. The van der Waals surface area contributed by atoms with E-state index in [9.17, 15) is 9.59 Å². The minimum Gasteiger partial charge on any atom is -0.369 e. The molecular formula is C23H28N4O2. The first-order valence-corrected chi connectivity index (χ1v) is 10.2. The van der Waals surface area contributed by atoms with Crippen molar-refractivity contribution >= 4 is 28.9 Å². The van der Waals surface area contributed by atoms with Gasteiger partial charge in [0.25, 0.3) is 0 Å². The summed E-state index contributed by atoms with van der Waals surface area (Å²) in [5.74, 6) is -0.354. The molecule has 0 atom stereocenters. The standard InChI is InChI=1S/C23H28N4O2/c1-25-14-16-27(17-15-25)20-10-8-18(9-11-20)24-21(28)23(12-13-23)22(29)26(2)19-6-4-3-5-7-19/h3-11H,12-17H2,1-2H3,(H,24,28). The van der Waals surface area contributed by atoms with Gasteiger partial charge >= 0.3 is 0 Å². The van der Waals surface area contributed by atoms with Crippen LogP contribution >= 0.6 is 0 Å². The number of anilines is 3. The molecule has 0 bridgehead atoms. The number of carbonyl (C=O) groups is 2. The van der Waals surface area contributed by atoms with E-state index < -0.39 is 5.41 Å². The van der Waals surface area contributed by atoms with E-state index in [1.165, 1.54) is 0 Å². The van der Waals surface area contributed by atoms with Crippen LogP contribution < -0.4 is 15.1 Å². The van der Waals surface area contributed by atoms with Crippen LogP contribution in [0.3, 0.4) is 0 Å². The molecule has 4 rings (SSSR count). The molecule has 0 unspecified atom stereocenters. The zero-order valence-electron chi connectivity index (χ0n) is 17.1. The van der Waals surface area contributed by atoms with Gasteiger partial charge in [-0.2, -0.15) is 0 Å². The first kappa shape index (κ1) is 19.5. The van der Waals surface area contributed by atoms with E-state index in [1.54, 1.807) is 11.9 Å². The second-order valence-electron chi connectivity index (χ2n) is 8.07. The van der Waals surface area contributed by atoms with E-state index in [4.69, 9.17) is 0 Å². The molecule has 1 N–H and O–H groups in total. The molecule has 6 nitrogen and oxygen atoms in total. The fraction of sp³-hybridized carbons (Fsp3) is 0.391. The van der Waals surface area contributed by atoms with Gasteiger partial charge in [-0.1, -0.05) is 18.2 Å². The molecule has 1 aliphatic carbocycles. The van der Waals surface area contributed by atoms with Gasteiger partial charge in [0.15, 0.2) is 0 Å². The van der Waals surface area contributed by atoms with Crippen molar-refractivity contribution in [2.45, 2.75) is 12.8 Å². The molecule has 0 spiro atoms. The fourth-order valence-corrected chi connectivity index (χ4v) is 3.82. The van der Waals surface area contributed by atoms with E-state index >= 15 is 0 Å². The third-order valence-electron chi connectivity index (χ3n) is 6.04. The van der Waals surface area contributed by atoms with Gasteiger partial charge in [-0.3, -0.25) is 9.59 Å². The third kappa shape index (κ3) is 3.98. The predicted octanol–water partition coefficient (Wildman–Crippen LogP) is 2.82. The van der Waals surface area contributed by atoms with E-state index in [-0.39, 0.29) is 11.8 Å². The SMILES string of the molecule is CN1CCN(c2ccc(NC(=O)C3(C(=O)N(C)c4ccccc4)CC3)cc2)CC1. The minimum absolute atomic E-state index is 0.143. The number of likely N-dealkylation sites (N-methyl/N-ethyl adjacent to an activating group) is 1. The Morgan fingerprint density at radius 3 is 2.14 bits per heavy atom. The number of carbonyl (C=O) groups excluding carboxylic acids is 2. The van der Waals surface area contributed by atoms with Crippen molar-refractivity contribution in [1.82, 2.24) is 4.90 Å². The van der Waals surface area contributed by atoms with Gasteiger partial charge in [-0.25, -0.2) is 0 Å². The van der Waals surface area contributed by atoms with Crippen molar-refractivity contribution in [2.75, 3.05) is 55.4 Å². The zero-order valence-corrected chi connectivity index (χ0v) is 17.1. The molecule has 1 saturated heterocycles. The molecule has 2 aliphatic rings. The Morgan fingerprint density at radius 2 is 1.55 bits per heavy atom. The minimum atomic E-state index is -0.944. The van der Waals surface area contributed by atoms with Crippen LogP contribution in [0.25, 0.3) is 0 Å². The molecule has 2 fully saturated rings. The normalized spacial score (nSPS) is 18.2. The maximum absolute atomic E-state index is 13.0. The number of nitrogens with zero attached hydrogens (tertiary/aromatic N) is 3. The Balaban J connectivity index is 1.40. The van der Waals surface area contributed by atoms with Crippen molar-refractivity contribution in [1.29, 1.82) is 0 Å². The lowest BCUT2D eigenvalue weighted by molar-refractivity contribution is -0.132. The molecule has 29 heavy (non-hydrogen) atoms. The lowest BCUT2D eigenvalue weighted by atomic mass is 10.0. The number of hydrogen-bond donors (Lipinski definition) is 1. The summed E-state index contributed by atoms with van der Waals surface area (Å²) in [7, 11) is 3.87. The molecule has 2 aromatic carbocycles. The Labute approximate surface area is 172 Å². The van der Waals surface area contributed by atoms with Gasteiger partial charge in [-0.15, -0.1) is 0 Å². The van der Waals surface area contributed by atoms with Gasteiger partial charge in [-0.05, 0) is 56.3 Å². The van der Waals surface area contributed by atoms with Crippen LogP contribution in [0.1, 0.15) is 12.8 Å². The van der Waals surface area contributed by atoms with Crippen LogP contribution in [0, 0.1) is 5.41 Å². The number of para-hydroxylation sites is 1. The van der Waals surface area contributed by atoms with Crippen molar-refractivity contribution in [2.24, 2.45) is 5.41 Å². The van der Waals surface area contributed by atoms with Crippen LogP contribution in [0.2, 0.25) is 0 Å². The van der Waals surface area contributed by atoms with Gasteiger partial charge in [0.1, 0.15) is 5.41 Å². The van der Waals surface area contributed by atoms with E-state index in [0.717, 1.165) is 43.2 Å². The lowest BCUT2D eigenvalue weighted by Crippen LogP contribution is -2.44. The Kier molecular flexibility index (Phi) is 5.28. The van der Waals surface area contributed by atoms with Crippen LogP contribution in [0.15, 0.2) is 54.6 Å². The summed E-state index contributed by atoms with van der Waals surface area (Å²) in [5.41, 5.74) is 1.75. The predicted molar refractivity (Wildman–Crippen MR) is 116 cm³/mol. The van der Waals surface area contributed by atoms with Gasteiger partial charge in [0.05, 0.1) is 0 Å². The van der Waals surface area contributed by atoms with Crippen LogP contribution in [-0.2, 0) is 9.59 Å². The number of rotatable bonds is 5. The summed E-state index contributed by atoms with van der Waals surface area (Å²) in [6.07, 6.45) is 1.18. The first-order valence-electron chi connectivity index (χ1n) is 10.2. The summed E-state index contributed by atoms with van der Waals surface area (Å²) >= 11 is 0. The second kappa shape index (κ2) is 7.87. The smallest absolute Gasteiger partial charge is 0.242 e. The second-order valence-corrected chi connectivity index (χ2v) is 8.07. The summed E-state index contributed by atoms with van der Waals surface area (Å²) < 4.78 is 0. The molecule has 2 aromatic rings. The van der Waals surface area contributed by atoms with Crippen LogP contribution in [-0.4, -0.2) is 57.0 Å². The monoisotopic (exact) mass is 392 g/mol. The molecule has 0 aromatic heterocycles. The summed E-state index contributed by atoms with van der Waals surface area (Å²) in [4.78, 5) is 32.2. The molecule has 1 aliphatic heterocycles. The quantitative estimate of drug-likeness (QED) is 0.795. The maximum Gasteiger partial charge on any atom is 0.242 e. The number of benzene rings is 2. The van der Waals surface area contributed by atoms with Gasteiger partial charge in [0, 0.05) is 50.3 Å². The number of piperazine rings is 1. The number of amides is 2. The number of hydrogen-bond acceptors (Lipinski definition) is 4. The largest absolute Gasteiger partial charge is 0.369 e. The highest BCUT2D eigenvalue weighted by Crippen LogP contribution is 2.48. The Bertz CT molecular complexity index is 870. The molecule has 6 heteroatoms. The summed E-state index contributed by atoms with van der Waals surface area (Å²) in [6.45, 7) is 4.12. The fourth-order valence-electron chi connectivity index (χ4n) is 3.82. The van der Waals surface area contributed by atoms with Crippen LogP contribution in [0.5, 0.6) is 0 Å². The van der Waals surface area contributed by atoms with Gasteiger partial charge < -0.3 is 20.0 Å². The highest BCUT2D eigenvalue weighted by molar-refractivity contribution is 6.17. The van der Waals surface area contributed by atoms with Crippen molar-refractivity contribution in [3.63, 3.8) is 0 Å². The van der Waals surface area contributed by atoms with Crippen molar-refractivity contribution < 1.29 is 9.59 Å². The average molecular weight is 393 g/mol. The summed E-state index contributed by atoms with van der Waals surface area (Å²) in [6, 6.07) is 17.4. The van der Waals surface area contributed by atoms with E-state index in [1.807, 2.05) is 54.6 Å². The number of nitrogens with one attached hydrogen (secondary N) is 1. The average Bonchev–Trinajstić information content (AvgIpc) is 3.57. The highest BCUT2D eigenvalue weighted by Gasteiger charge is 2.57. The van der Waals surface area contributed by atoms with Crippen LogP contribution in [0.4, 0.5) is 17.1 Å². The maximum atomic E-state index is 13.0. The van der Waals surface area contributed by atoms with E-state index in [2.05, 4.69) is 22.2 Å². The summed E-state index contributed by atoms with van der Waals surface area (Å²) in [5, 5.41) is 2.96. The topological polar surface area (TPSA) is 55.9 Å². The molecule has 2 amide bonds. The third-order valence-corrected chi connectivity index (χ3v) is 6.04. The Hall–Kier alpha value is -2.86. The lowest BCUT2D eigenvalue weighted by Gasteiger charge is -2.34. The Morgan fingerprint density at radius 1 is 0.931 bits per heavy atom. The van der Waals surface area contributed by atoms with Gasteiger partial charge in [0.2, 0.25) is 11.8 Å². The highest BCUT2D eigenvalue weighted by atomic mass is 16.2. The first-order chi connectivity index (χ1) is 14.0.